The molecule has 4 heterocycles. The second-order valence-corrected chi connectivity index (χ2v) is 12.2. The number of benzene rings is 1. The monoisotopic (exact) mass is 520 g/mol. The number of pyridine rings is 1. The van der Waals surface area contributed by atoms with Gasteiger partial charge in [-0.1, -0.05) is 12.1 Å². The van der Waals surface area contributed by atoms with Crippen molar-refractivity contribution in [3.63, 3.8) is 0 Å². The number of methoxy groups -OCH3 is 1. The summed E-state index contributed by atoms with van der Waals surface area (Å²) >= 11 is 0. The highest BCUT2D eigenvalue weighted by Gasteiger charge is 2.56. The van der Waals surface area contributed by atoms with Gasteiger partial charge >= 0.3 is 11.8 Å². The van der Waals surface area contributed by atoms with Gasteiger partial charge in [0.15, 0.2) is 0 Å². The molecule has 1 N–H and O–H groups in total. The SMILES string of the molecule is COc1ccc2cccc(-n3nc(C4CCCN(C5CC6(C5)CN(C(=O)OC(C)(C)C)C6)C4)[nH]c3=O)c2n1. The predicted molar refractivity (Wildman–Crippen MR) is 143 cm³/mol. The van der Waals surface area contributed by atoms with Crippen molar-refractivity contribution < 1.29 is 14.3 Å². The Balaban J connectivity index is 1.12. The topological polar surface area (TPSA) is 106 Å². The van der Waals surface area contributed by atoms with Crippen LogP contribution in [0.3, 0.4) is 0 Å². The second-order valence-electron chi connectivity index (χ2n) is 12.2. The van der Waals surface area contributed by atoms with E-state index in [9.17, 15) is 9.59 Å². The standard InChI is InChI=1S/C28H36N6O4/c1-27(2,3)38-26(36)33-16-28(17-33)13-20(14-28)32-12-6-8-19(15-32)24-30-25(35)34(31-24)21-9-5-7-18-10-11-22(37-4)29-23(18)21/h5,7,9-11,19-20H,6,8,12-17H2,1-4H3,(H,30,31,35). The zero-order valence-electron chi connectivity index (χ0n) is 22.6. The van der Waals surface area contributed by atoms with Gasteiger partial charge in [-0.15, -0.1) is 5.10 Å². The number of carbonyl (C=O) groups excluding carboxylic acids is 1. The van der Waals surface area contributed by atoms with Gasteiger partial charge < -0.3 is 14.4 Å². The highest BCUT2D eigenvalue weighted by atomic mass is 16.6. The molecule has 3 aromatic rings. The summed E-state index contributed by atoms with van der Waals surface area (Å²) in [6.07, 6.45) is 4.07. The summed E-state index contributed by atoms with van der Waals surface area (Å²) in [7, 11) is 1.58. The van der Waals surface area contributed by atoms with Gasteiger partial charge in [0, 0.05) is 48.5 Å². The van der Waals surface area contributed by atoms with E-state index in [0.29, 0.717) is 23.1 Å². The number of aromatic nitrogens is 4. The number of likely N-dealkylation sites (tertiary alicyclic amines) is 2. The number of hydrogen-bond donors (Lipinski definition) is 1. The molecule has 2 saturated heterocycles. The number of piperidine rings is 1. The molecular formula is C28H36N6O4. The van der Waals surface area contributed by atoms with Crippen LogP contribution in [0.5, 0.6) is 5.88 Å². The van der Waals surface area contributed by atoms with Crippen molar-refractivity contribution in [2.24, 2.45) is 5.41 Å². The Bertz CT molecular complexity index is 1410. The van der Waals surface area contributed by atoms with E-state index >= 15 is 0 Å². The molecule has 1 aliphatic carbocycles. The van der Waals surface area contributed by atoms with Crippen LogP contribution >= 0.6 is 0 Å². The molecule has 1 unspecified atom stereocenters. The van der Waals surface area contributed by atoms with E-state index in [4.69, 9.17) is 14.6 Å². The lowest BCUT2D eigenvalue weighted by Gasteiger charge is -2.61. The minimum atomic E-state index is -0.463. The predicted octanol–water partition coefficient (Wildman–Crippen LogP) is 3.70. The lowest BCUT2D eigenvalue weighted by atomic mass is 9.60. The maximum absolute atomic E-state index is 13.0. The van der Waals surface area contributed by atoms with Crippen LogP contribution in [0.4, 0.5) is 4.79 Å². The lowest BCUT2D eigenvalue weighted by Crippen LogP contribution is -2.68. The molecule has 0 radical (unpaired) electrons. The number of nitrogens with zero attached hydrogens (tertiary/aromatic N) is 5. The van der Waals surface area contributed by atoms with Gasteiger partial charge in [-0.2, -0.15) is 4.68 Å². The third-order valence-electron chi connectivity index (χ3n) is 8.14. The fraction of sp³-hybridized carbons (Fsp3) is 0.571. The number of rotatable bonds is 4. The van der Waals surface area contributed by atoms with Gasteiger partial charge in [0.25, 0.3) is 0 Å². The second kappa shape index (κ2) is 9.11. The normalized spacial score (nSPS) is 21.8. The Morgan fingerprint density at radius 1 is 1.16 bits per heavy atom. The lowest BCUT2D eigenvalue weighted by molar-refractivity contribution is -0.111. The zero-order valence-corrected chi connectivity index (χ0v) is 22.6. The van der Waals surface area contributed by atoms with E-state index in [1.807, 2.05) is 56.0 Å². The average molecular weight is 521 g/mol. The zero-order chi connectivity index (χ0) is 26.7. The molecule has 1 atom stereocenters. The van der Waals surface area contributed by atoms with Crippen LogP contribution in [-0.2, 0) is 4.74 Å². The van der Waals surface area contributed by atoms with Crippen molar-refractivity contribution in [1.82, 2.24) is 29.5 Å². The Labute approximate surface area is 221 Å². The fourth-order valence-electron chi connectivity index (χ4n) is 6.32. The van der Waals surface area contributed by atoms with Gasteiger partial charge in [-0.05, 0) is 65.1 Å². The molecule has 202 valence electrons. The Morgan fingerprint density at radius 2 is 1.95 bits per heavy atom. The number of ether oxygens (including phenoxy) is 2. The van der Waals surface area contributed by atoms with Crippen LogP contribution in [0, 0.1) is 5.41 Å². The first-order chi connectivity index (χ1) is 18.1. The van der Waals surface area contributed by atoms with E-state index in [1.165, 1.54) is 4.68 Å². The summed E-state index contributed by atoms with van der Waals surface area (Å²) < 4.78 is 12.2. The van der Waals surface area contributed by atoms with Crippen molar-refractivity contribution in [2.45, 2.75) is 64.0 Å². The van der Waals surface area contributed by atoms with Crippen LogP contribution in [0.25, 0.3) is 16.6 Å². The first kappa shape index (κ1) is 24.9. The summed E-state index contributed by atoms with van der Waals surface area (Å²) in [5, 5.41) is 5.66. The Kier molecular flexibility index (Phi) is 5.97. The largest absolute Gasteiger partial charge is 0.481 e. The number of para-hydroxylation sites is 1. The average Bonchev–Trinajstić information content (AvgIpc) is 3.22. The van der Waals surface area contributed by atoms with E-state index in [2.05, 4.69) is 14.9 Å². The number of carbonyl (C=O) groups is 1. The summed E-state index contributed by atoms with van der Waals surface area (Å²) in [5.41, 5.74) is 0.844. The molecule has 10 nitrogen and oxygen atoms in total. The number of H-pyrrole nitrogens is 1. The van der Waals surface area contributed by atoms with E-state index in [1.54, 1.807) is 7.11 Å². The molecular weight excluding hydrogens is 484 g/mol. The summed E-state index contributed by atoms with van der Waals surface area (Å²) in [5.74, 6) is 1.40. The summed E-state index contributed by atoms with van der Waals surface area (Å²) in [4.78, 5) is 37.3. The third-order valence-corrected chi connectivity index (χ3v) is 8.14. The van der Waals surface area contributed by atoms with E-state index in [0.717, 1.165) is 63.1 Å². The molecule has 10 heteroatoms. The molecule has 0 bridgehead atoms. The van der Waals surface area contributed by atoms with Gasteiger partial charge in [-0.25, -0.2) is 14.6 Å². The molecule has 2 aromatic heterocycles. The molecule has 3 aliphatic rings. The summed E-state index contributed by atoms with van der Waals surface area (Å²) in [6, 6.07) is 9.99. The van der Waals surface area contributed by atoms with Crippen LogP contribution in [0.1, 0.15) is 58.2 Å². The van der Waals surface area contributed by atoms with Crippen LogP contribution in [-0.4, -0.2) is 80.6 Å². The highest BCUT2D eigenvalue weighted by Crippen LogP contribution is 2.51. The van der Waals surface area contributed by atoms with Gasteiger partial charge in [0.2, 0.25) is 5.88 Å². The fourth-order valence-corrected chi connectivity index (χ4v) is 6.32. The molecule has 1 spiro atoms. The maximum Gasteiger partial charge on any atom is 0.410 e. The quantitative estimate of drug-likeness (QED) is 0.559. The molecule has 2 aliphatic heterocycles. The summed E-state index contributed by atoms with van der Waals surface area (Å²) in [6.45, 7) is 9.22. The van der Waals surface area contributed by atoms with Gasteiger partial charge in [-0.3, -0.25) is 9.88 Å². The maximum atomic E-state index is 13.0. The van der Waals surface area contributed by atoms with Crippen LogP contribution in [0.2, 0.25) is 0 Å². The Morgan fingerprint density at radius 3 is 2.68 bits per heavy atom. The minimum Gasteiger partial charge on any atom is -0.481 e. The molecule has 1 saturated carbocycles. The van der Waals surface area contributed by atoms with E-state index in [-0.39, 0.29) is 23.1 Å². The van der Waals surface area contributed by atoms with E-state index < -0.39 is 5.60 Å². The van der Waals surface area contributed by atoms with Crippen LogP contribution in [0.15, 0.2) is 35.1 Å². The molecule has 1 aromatic carbocycles. The molecule has 1 amide bonds. The van der Waals surface area contributed by atoms with Crippen molar-refractivity contribution in [3.05, 3.63) is 46.6 Å². The van der Waals surface area contributed by atoms with Crippen molar-refractivity contribution >= 4 is 17.0 Å². The molecule has 6 rings (SSSR count). The van der Waals surface area contributed by atoms with Gasteiger partial charge in [0.1, 0.15) is 16.9 Å². The van der Waals surface area contributed by atoms with Crippen molar-refractivity contribution in [1.29, 1.82) is 0 Å². The Hall–Kier alpha value is -3.40. The minimum absolute atomic E-state index is 0.173. The van der Waals surface area contributed by atoms with Crippen molar-refractivity contribution in [3.8, 4) is 11.6 Å². The molecule has 3 fully saturated rings. The first-order valence-corrected chi connectivity index (χ1v) is 13.5. The van der Waals surface area contributed by atoms with Crippen LogP contribution < -0.4 is 10.4 Å². The first-order valence-electron chi connectivity index (χ1n) is 13.5. The smallest absolute Gasteiger partial charge is 0.410 e. The number of amides is 1. The number of nitrogens with one attached hydrogen (secondary N) is 1. The third kappa shape index (κ3) is 4.55. The number of aromatic amines is 1. The number of fused-ring (bicyclic) bond motifs is 1. The van der Waals surface area contributed by atoms with Gasteiger partial charge in [0.05, 0.1) is 12.8 Å². The molecule has 38 heavy (non-hydrogen) atoms. The number of hydrogen-bond acceptors (Lipinski definition) is 7. The van der Waals surface area contributed by atoms with Crippen molar-refractivity contribution in [2.75, 3.05) is 33.3 Å². The highest BCUT2D eigenvalue weighted by molar-refractivity contribution is 5.86.